The first-order valence-electron chi connectivity index (χ1n) is 9.41. The lowest BCUT2D eigenvalue weighted by atomic mass is 9.45. The molecule has 3 unspecified atom stereocenters. The van der Waals surface area contributed by atoms with Crippen molar-refractivity contribution in [2.45, 2.75) is 77.4 Å². The lowest BCUT2D eigenvalue weighted by Crippen LogP contribution is -2.53. The second kappa shape index (κ2) is 4.83. The van der Waals surface area contributed by atoms with E-state index in [9.17, 15) is 10.2 Å². The van der Waals surface area contributed by atoms with Crippen LogP contribution in [0.5, 0.6) is 0 Å². The Bertz CT molecular complexity index is 486. The molecule has 8 atom stereocenters. The topological polar surface area (TPSA) is 40.5 Å². The highest BCUT2D eigenvalue weighted by atomic mass is 16.3. The number of aliphatic hydroxyl groups excluding tert-OH is 2. The highest BCUT2D eigenvalue weighted by molar-refractivity contribution is 5.25. The minimum absolute atomic E-state index is 0.0587. The van der Waals surface area contributed by atoms with Gasteiger partial charge in [-0.05, 0) is 91.4 Å². The number of fused-ring (bicyclic) bond motifs is 5. The fourth-order valence-electron chi connectivity index (χ4n) is 7.15. The van der Waals surface area contributed by atoms with Crippen LogP contribution in [0.15, 0.2) is 12.2 Å². The van der Waals surface area contributed by atoms with Gasteiger partial charge in [-0.15, -0.1) is 0 Å². The van der Waals surface area contributed by atoms with Crippen molar-refractivity contribution < 1.29 is 10.2 Å². The van der Waals surface area contributed by atoms with E-state index in [4.69, 9.17) is 0 Å². The van der Waals surface area contributed by atoms with Gasteiger partial charge in [0.15, 0.2) is 0 Å². The molecule has 0 aromatic carbocycles. The van der Waals surface area contributed by atoms with Crippen molar-refractivity contribution in [1.29, 1.82) is 0 Å². The SMILES string of the molecule is C=C1[C@H](O)CC2C3CC[C@@H]4C[C@H](O)CC[C@]4(C)C3CC[C@]12C. The first-order chi connectivity index (χ1) is 10.4. The predicted octanol–water partition coefficient (Wildman–Crippen LogP) is 3.92. The van der Waals surface area contributed by atoms with Crippen LogP contribution < -0.4 is 0 Å². The molecule has 124 valence electrons. The maximum Gasteiger partial charge on any atom is 0.0756 e. The van der Waals surface area contributed by atoms with Gasteiger partial charge in [0.25, 0.3) is 0 Å². The molecule has 4 rings (SSSR count). The van der Waals surface area contributed by atoms with Crippen LogP contribution in [-0.2, 0) is 0 Å². The minimum Gasteiger partial charge on any atom is -0.393 e. The van der Waals surface area contributed by atoms with Crippen LogP contribution in [0.1, 0.15) is 65.2 Å². The average molecular weight is 304 g/mol. The first kappa shape index (κ1) is 15.2. The van der Waals surface area contributed by atoms with Crippen molar-refractivity contribution in [3.05, 3.63) is 12.2 Å². The van der Waals surface area contributed by atoms with E-state index in [1.54, 1.807) is 0 Å². The summed E-state index contributed by atoms with van der Waals surface area (Å²) in [6.07, 6.45) is 8.93. The highest BCUT2D eigenvalue weighted by Gasteiger charge is 2.60. The molecule has 4 fully saturated rings. The van der Waals surface area contributed by atoms with E-state index in [0.29, 0.717) is 11.3 Å². The lowest BCUT2D eigenvalue weighted by molar-refractivity contribution is -0.117. The summed E-state index contributed by atoms with van der Waals surface area (Å²) in [6, 6.07) is 0. The summed E-state index contributed by atoms with van der Waals surface area (Å²) in [4.78, 5) is 0. The molecule has 0 aliphatic heterocycles. The summed E-state index contributed by atoms with van der Waals surface area (Å²) in [5, 5.41) is 20.5. The van der Waals surface area contributed by atoms with Gasteiger partial charge in [0.2, 0.25) is 0 Å². The van der Waals surface area contributed by atoms with Gasteiger partial charge in [-0.3, -0.25) is 0 Å². The van der Waals surface area contributed by atoms with Crippen LogP contribution in [0.2, 0.25) is 0 Å². The van der Waals surface area contributed by atoms with Crippen molar-refractivity contribution >= 4 is 0 Å². The fourth-order valence-corrected chi connectivity index (χ4v) is 7.15. The molecule has 0 aromatic heterocycles. The summed E-state index contributed by atoms with van der Waals surface area (Å²) in [7, 11) is 0. The Morgan fingerprint density at radius 3 is 2.50 bits per heavy atom. The second-order valence-corrected chi connectivity index (χ2v) is 9.32. The van der Waals surface area contributed by atoms with E-state index in [2.05, 4.69) is 20.4 Å². The number of aliphatic hydroxyl groups is 2. The Morgan fingerprint density at radius 2 is 1.73 bits per heavy atom. The monoisotopic (exact) mass is 304 g/mol. The van der Waals surface area contributed by atoms with Crippen LogP contribution in [0, 0.1) is 34.5 Å². The van der Waals surface area contributed by atoms with Gasteiger partial charge in [0.1, 0.15) is 0 Å². The quantitative estimate of drug-likeness (QED) is 0.666. The number of hydrogen-bond donors (Lipinski definition) is 2. The molecule has 0 bridgehead atoms. The summed E-state index contributed by atoms with van der Waals surface area (Å²) in [5.74, 6) is 2.92. The van der Waals surface area contributed by atoms with Crippen LogP contribution in [0.4, 0.5) is 0 Å². The maximum atomic E-state index is 10.4. The molecule has 4 saturated carbocycles. The molecule has 2 heteroatoms. The first-order valence-corrected chi connectivity index (χ1v) is 9.41. The molecule has 0 aromatic rings. The molecule has 22 heavy (non-hydrogen) atoms. The van der Waals surface area contributed by atoms with Gasteiger partial charge in [-0.2, -0.15) is 0 Å². The van der Waals surface area contributed by atoms with E-state index in [-0.39, 0.29) is 17.6 Å². The maximum absolute atomic E-state index is 10.4. The van der Waals surface area contributed by atoms with Gasteiger partial charge in [0.05, 0.1) is 12.2 Å². The lowest BCUT2D eigenvalue weighted by Gasteiger charge is -2.60. The zero-order valence-corrected chi connectivity index (χ0v) is 14.2. The molecule has 0 amide bonds. The van der Waals surface area contributed by atoms with Gasteiger partial charge in [0, 0.05) is 0 Å². The Morgan fingerprint density at radius 1 is 0.955 bits per heavy atom. The molecule has 0 saturated heterocycles. The largest absolute Gasteiger partial charge is 0.393 e. The van der Waals surface area contributed by atoms with Crippen molar-refractivity contribution in [3.63, 3.8) is 0 Å². The van der Waals surface area contributed by atoms with Crippen LogP contribution in [0.25, 0.3) is 0 Å². The van der Waals surface area contributed by atoms with E-state index in [0.717, 1.165) is 42.6 Å². The van der Waals surface area contributed by atoms with Gasteiger partial charge in [-0.1, -0.05) is 20.4 Å². The third-order valence-corrected chi connectivity index (χ3v) is 8.64. The normalized spacial score (nSPS) is 57.9. The molecule has 4 aliphatic rings. The summed E-state index contributed by atoms with van der Waals surface area (Å²) in [6.45, 7) is 9.14. The van der Waals surface area contributed by atoms with E-state index in [1.165, 1.54) is 32.1 Å². The van der Waals surface area contributed by atoms with Crippen LogP contribution >= 0.6 is 0 Å². The zero-order valence-electron chi connectivity index (χ0n) is 14.2. The van der Waals surface area contributed by atoms with Gasteiger partial charge >= 0.3 is 0 Å². The number of rotatable bonds is 0. The standard InChI is InChI=1S/C20H32O2/c1-12-18(22)11-17-15-5-4-13-10-14(21)6-8-20(13,3)16(15)7-9-19(12,17)2/h13-18,21-22H,1,4-11H2,2-3H3/t13-,14-,15?,16?,17?,18-,19-,20+/m1/s1. The van der Waals surface area contributed by atoms with Crippen LogP contribution in [-0.4, -0.2) is 22.4 Å². The minimum atomic E-state index is -0.271. The summed E-state index contributed by atoms with van der Waals surface area (Å²) >= 11 is 0. The van der Waals surface area contributed by atoms with Crippen molar-refractivity contribution in [2.75, 3.05) is 0 Å². The van der Waals surface area contributed by atoms with Gasteiger partial charge < -0.3 is 10.2 Å². The molecule has 0 radical (unpaired) electrons. The molecular weight excluding hydrogens is 272 g/mol. The summed E-state index contributed by atoms with van der Waals surface area (Å²) in [5.41, 5.74) is 1.72. The number of hydrogen-bond acceptors (Lipinski definition) is 2. The Hall–Kier alpha value is -0.340. The highest BCUT2D eigenvalue weighted by Crippen LogP contribution is 2.67. The molecule has 0 spiro atoms. The summed E-state index contributed by atoms with van der Waals surface area (Å²) < 4.78 is 0. The smallest absolute Gasteiger partial charge is 0.0756 e. The molecule has 4 aliphatic carbocycles. The van der Waals surface area contributed by atoms with Crippen molar-refractivity contribution in [3.8, 4) is 0 Å². The van der Waals surface area contributed by atoms with E-state index in [1.807, 2.05) is 0 Å². The third kappa shape index (κ3) is 1.86. The molecule has 2 nitrogen and oxygen atoms in total. The average Bonchev–Trinajstić information content (AvgIpc) is 2.72. The zero-order chi connectivity index (χ0) is 15.7. The Labute approximate surface area is 135 Å². The molecular formula is C20H32O2. The van der Waals surface area contributed by atoms with Gasteiger partial charge in [-0.25, -0.2) is 0 Å². The molecule has 0 heterocycles. The van der Waals surface area contributed by atoms with Crippen molar-refractivity contribution in [2.24, 2.45) is 34.5 Å². The second-order valence-electron chi connectivity index (χ2n) is 9.32. The third-order valence-electron chi connectivity index (χ3n) is 8.64. The predicted molar refractivity (Wildman–Crippen MR) is 88.3 cm³/mol. The molecule has 2 N–H and O–H groups in total. The fraction of sp³-hybridized carbons (Fsp3) is 0.900. The van der Waals surface area contributed by atoms with E-state index < -0.39 is 0 Å². The Balaban J connectivity index is 1.64. The van der Waals surface area contributed by atoms with E-state index >= 15 is 0 Å². The Kier molecular flexibility index (Phi) is 3.34. The van der Waals surface area contributed by atoms with Crippen LogP contribution in [0.3, 0.4) is 0 Å². The van der Waals surface area contributed by atoms with Crippen molar-refractivity contribution in [1.82, 2.24) is 0 Å².